The molecule has 0 atom stereocenters. The van der Waals surface area contributed by atoms with E-state index in [1.807, 2.05) is 6.92 Å². The minimum Gasteiger partial charge on any atom is -0.327 e. The summed E-state index contributed by atoms with van der Waals surface area (Å²) in [7, 11) is 0. The third-order valence-electron chi connectivity index (χ3n) is 2.67. The molecule has 0 bridgehead atoms. The molecule has 114 valence electrons. The van der Waals surface area contributed by atoms with E-state index in [1.165, 1.54) is 18.2 Å². The zero-order valence-electron chi connectivity index (χ0n) is 11.5. The van der Waals surface area contributed by atoms with Gasteiger partial charge in [0.15, 0.2) is 5.11 Å². The number of anilines is 1. The fraction of sp³-hybridized carbons (Fsp3) is 0.385. The summed E-state index contributed by atoms with van der Waals surface area (Å²) >= 11 is 10.7. The topological polar surface area (TPSA) is 84.3 Å². The predicted octanol–water partition coefficient (Wildman–Crippen LogP) is 3.64. The van der Waals surface area contributed by atoms with Gasteiger partial charge in [0, 0.05) is 17.5 Å². The summed E-state index contributed by atoms with van der Waals surface area (Å²) in [4.78, 5) is 22.0. The van der Waals surface area contributed by atoms with Crippen LogP contribution in [0.2, 0.25) is 5.02 Å². The molecule has 1 aromatic carbocycles. The average molecular weight is 330 g/mol. The van der Waals surface area contributed by atoms with Crippen molar-refractivity contribution in [2.24, 2.45) is 0 Å². The fourth-order valence-corrected chi connectivity index (χ4v) is 2.03. The van der Waals surface area contributed by atoms with Gasteiger partial charge in [-0.05, 0) is 30.8 Å². The number of nitrogens with zero attached hydrogens (tertiary/aromatic N) is 1. The lowest BCUT2D eigenvalue weighted by atomic mass is 10.2. The first-order valence-electron chi connectivity index (χ1n) is 6.48. The number of nitro benzene ring substituents is 1. The highest BCUT2D eigenvalue weighted by molar-refractivity contribution is 7.80. The molecule has 2 N–H and O–H groups in total. The zero-order chi connectivity index (χ0) is 15.8. The van der Waals surface area contributed by atoms with Crippen molar-refractivity contribution in [1.29, 1.82) is 0 Å². The van der Waals surface area contributed by atoms with Crippen LogP contribution in [0.25, 0.3) is 0 Å². The van der Waals surface area contributed by atoms with Gasteiger partial charge in [-0.15, -0.1) is 0 Å². The molecule has 0 aliphatic rings. The molecule has 0 aromatic heterocycles. The van der Waals surface area contributed by atoms with Gasteiger partial charge in [0.25, 0.3) is 5.69 Å². The van der Waals surface area contributed by atoms with Crippen LogP contribution in [0.1, 0.15) is 32.6 Å². The van der Waals surface area contributed by atoms with Gasteiger partial charge in [-0.2, -0.15) is 0 Å². The lowest BCUT2D eigenvalue weighted by Gasteiger charge is -2.10. The molecule has 0 aliphatic carbocycles. The molecule has 0 saturated carbocycles. The van der Waals surface area contributed by atoms with Crippen LogP contribution in [0, 0.1) is 10.1 Å². The Balaban J connectivity index is 2.63. The Kier molecular flexibility index (Phi) is 7.04. The maximum atomic E-state index is 11.6. The second-order valence-electron chi connectivity index (χ2n) is 4.38. The number of benzene rings is 1. The molecule has 1 aromatic rings. The highest BCUT2D eigenvalue weighted by atomic mass is 35.5. The lowest BCUT2D eigenvalue weighted by Crippen LogP contribution is -2.34. The van der Waals surface area contributed by atoms with Crippen molar-refractivity contribution >= 4 is 46.2 Å². The van der Waals surface area contributed by atoms with Gasteiger partial charge in [0.1, 0.15) is 5.69 Å². The van der Waals surface area contributed by atoms with E-state index in [0.29, 0.717) is 6.42 Å². The zero-order valence-corrected chi connectivity index (χ0v) is 13.1. The predicted molar refractivity (Wildman–Crippen MR) is 86.6 cm³/mol. The van der Waals surface area contributed by atoms with Gasteiger partial charge in [0.05, 0.1) is 4.92 Å². The molecule has 0 radical (unpaired) electrons. The molecule has 1 amide bonds. The molecule has 0 saturated heterocycles. The number of halogens is 1. The summed E-state index contributed by atoms with van der Waals surface area (Å²) in [5.74, 6) is -0.211. The lowest BCUT2D eigenvalue weighted by molar-refractivity contribution is -0.383. The van der Waals surface area contributed by atoms with E-state index in [2.05, 4.69) is 10.6 Å². The Morgan fingerprint density at radius 2 is 2.14 bits per heavy atom. The molecular weight excluding hydrogens is 314 g/mol. The minimum absolute atomic E-state index is 0.0296. The number of hydrogen-bond donors (Lipinski definition) is 2. The van der Waals surface area contributed by atoms with E-state index in [9.17, 15) is 14.9 Å². The van der Waals surface area contributed by atoms with Crippen molar-refractivity contribution in [1.82, 2.24) is 5.32 Å². The minimum atomic E-state index is -0.570. The molecular formula is C13H16ClN3O3S. The third-order valence-corrected chi connectivity index (χ3v) is 3.10. The first-order chi connectivity index (χ1) is 9.93. The van der Waals surface area contributed by atoms with Gasteiger partial charge in [-0.1, -0.05) is 31.4 Å². The number of rotatable bonds is 6. The van der Waals surface area contributed by atoms with Crippen molar-refractivity contribution in [3.8, 4) is 0 Å². The van der Waals surface area contributed by atoms with Gasteiger partial charge in [-0.3, -0.25) is 14.9 Å². The number of carbonyl (C=O) groups excluding carboxylic acids is 1. The normalized spacial score (nSPS) is 10.0. The maximum Gasteiger partial charge on any atom is 0.294 e. The van der Waals surface area contributed by atoms with Crippen LogP contribution in [0.4, 0.5) is 11.4 Å². The maximum absolute atomic E-state index is 11.6. The van der Waals surface area contributed by atoms with Gasteiger partial charge in [0.2, 0.25) is 5.91 Å². The smallest absolute Gasteiger partial charge is 0.294 e. The van der Waals surface area contributed by atoms with Crippen molar-refractivity contribution < 1.29 is 9.72 Å². The van der Waals surface area contributed by atoms with Crippen molar-refractivity contribution in [3.05, 3.63) is 33.3 Å². The summed E-state index contributed by atoms with van der Waals surface area (Å²) in [5.41, 5.74) is -0.0201. The van der Waals surface area contributed by atoms with Crippen LogP contribution in [-0.4, -0.2) is 15.9 Å². The number of unbranched alkanes of at least 4 members (excludes halogenated alkanes) is 2. The van der Waals surface area contributed by atoms with E-state index in [1.54, 1.807) is 0 Å². The molecule has 0 unspecified atom stereocenters. The van der Waals surface area contributed by atoms with Crippen LogP contribution in [0.3, 0.4) is 0 Å². The van der Waals surface area contributed by atoms with Crippen LogP contribution in [-0.2, 0) is 4.79 Å². The van der Waals surface area contributed by atoms with Crippen molar-refractivity contribution in [2.45, 2.75) is 32.6 Å². The van der Waals surface area contributed by atoms with Crippen LogP contribution in [0.5, 0.6) is 0 Å². The Labute approximate surface area is 133 Å². The fourth-order valence-electron chi connectivity index (χ4n) is 1.64. The Bertz CT molecular complexity index is 551. The number of nitrogens with one attached hydrogen (secondary N) is 2. The molecule has 0 spiro atoms. The molecule has 0 aliphatic heterocycles. The summed E-state index contributed by atoms with van der Waals surface area (Å²) in [6, 6.07) is 4.16. The number of hydrogen-bond acceptors (Lipinski definition) is 4. The molecule has 21 heavy (non-hydrogen) atoms. The monoisotopic (exact) mass is 329 g/mol. The number of thiocarbonyl (C=S) groups is 1. The second kappa shape index (κ2) is 8.53. The number of nitro groups is 1. The number of carbonyl (C=O) groups is 1. The first-order valence-corrected chi connectivity index (χ1v) is 7.27. The molecule has 8 heteroatoms. The standard InChI is InChI=1S/C13H16ClN3O3S/c1-2-3-4-5-12(18)16-13(21)15-10-7-6-9(14)8-11(10)17(19)20/h6-8H,2-5H2,1H3,(H2,15,16,18,21). The van der Waals surface area contributed by atoms with E-state index in [0.717, 1.165) is 19.3 Å². The SMILES string of the molecule is CCCCCC(=O)NC(=S)Nc1ccc(Cl)cc1[N+](=O)[O-]. The summed E-state index contributed by atoms with van der Waals surface area (Å²) < 4.78 is 0. The van der Waals surface area contributed by atoms with Crippen molar-refractivity contribution in [3.63, 3.8) is 0 Å². The summed E-state index contributed by atoms with van der Waals surface area (Å²) in [5, 5.41) is 16.3. The number of amides is 1. The highest BCUT2D eigenvalue weighted by Gasteiger charge is 2.15. The average Bonchev–Trinajstić information content (AvgIpc) is 2.40. The quantitative estimate of drug-likeness (QED) is 0.360. The Morgan fingerprint density at radius 1 is 1.43 bits per heavy atom. The van der Waals surface area contributed by atoms with Gasteiger partial charge >= 0.3 is 0 Å². The largest absolute Gasteiger partial charge is 0.327 e. The van der Waals surface area contributed by atoms with E-state index in [-0.39, 0.29) is 27.4 Å². The molecule has 6 nitrogen and oxygen atoms in total. The van der Waals surface area contributed by atoms with E-state index in [4.69, 9.17) is 23.8 Å². The highest BCUT2D eigenvalue weighted by Crippen LogP contribution is 2.27. The van der Waals surface area contributed by atoms with Crippen LogP contribution < -0.4 is 10.6 Å². The second-order valence-corrected chi connectivity index (χ2v) is 5.22. The van der Waals surface area contributed by atoms with E-state index < -0.39 is 4.92 Å². The third kappa shape index (κ3) is 6.05. The summed E-state index contributed by atoms with van der Waals surface area (Å²) in [6.45, 7) is 2.05. The van der Waals surface area contributed by atoms with Gasteiger partial charge < -0.3 is 10.6 Å². The van der Waals surface area contributed by atoms with Crippen molar-refractivity contribution in [2.75, 3.05) is 5.32 Å². The Hall–Kier alpha value is -1.73. The van der Waals surface area contributed by atoms with Crippen LogP contribution in [0.15, 0.2) is 18.2 Å². The Morgan fingerprint density at radius 3 is 2.76 bits per heavy atom. The first kappa shape index (κ1) is 17.3. The van der Waals surface area contributed by atoms with E-state index >= 15 is 0 Å². The molecule has 1 rings (SSSR count). The molecule has 0 fully saturated rings. The van der Waals surface area contributed by atoms with Crippen LogP contribution >= 0.6 is 23.8 Å². The summed E-state index contributed by atoms with van der Waals surface area (Å²) in [6.07, 6.45) is 3.15. The van der Waals surface area contributed by atoms with Gasteiger partial charge in [-0.25, -0.2) is 0 Å². The molecule has 0 heterocycles.